The largest absolute Gasteiger partial charge is 0.508 e. The number of phenolic OH excluding ortho intramolecular Hbond substituents is 1. The Hall–Kier alpha value is -7.46. The van der Waals surface area contributed by atoms with Crippen LogP contribution in [0, 0.1) is 31.6 Å². The van der Waals surface area contributed by atoms with Crippen molar-refractivity contribution in [2.24, 2.45) is 50.7 Å². The van der Waals surface area contributed by atoms with Crippen LogP contribution in [0.2, 0.25) is 0 Å². The summed E-state index contributed by atoms with van der Waals surface area (Å²) in [6.45, 7) is 11.8. The standard InChI is InChI=1S/C50H79N13O10/c1-28(2)20-37(44(68)60-36(16-12-18-55-49(51)52)47(71)63(8)40(17-13-19-56-50(53)54)46(70)62-39(48(72)73)21-29(3)4)61-45(69)38(25-33-14-10-9-11-15-33)59-42(66)27-57-41(65)26-58-43(67)32(7)24-35-30(5)22-34(64)23-31(35)6/h9-11,14-15,22-23,28-29,32,36-40,64H,12-13,16-21,24-27H2,1-8H3,(H,57,65)(H,58,67)(H,59,66)(H,60,68)(H,61,69)(H,62,70)(H,72,73)(H4,51,52,55)(H4,53,54,56)/t32-,36-,37-,38-,39+,40-/m0/s1. The summed E-state index contributed by atoms with van der Waals surface area (Å²) in [6.07, 6.45) is 0.948. The number of carbonyl (C=O) groups is 8. The van der Waals surface area contributed by atoms with Crippen molar-refractivity contribution in [1.82, 2.24) is 36.8 Å². The van der Waals surface area contributed by atoms with E-state index in [-0.39, 0.29) is 87.5 Å². The number of aliphatic carboxylic acids is 1. The molecule has 0 aromatic heterocycles. The Morgan fingerprint density at radius 2 is 1.12 bits per heavy atom. The predicted octanol–water partition coefficient (Wildman–Crippen LogP) is -0.287. The number of nitrogens with two attached hydrogens (primary N) is 4. The van der Waals surface area contributed by atoms with E-state index in [1.165, 1.54) is 7.05 Å². The molecule has 16 N–H and O–H groups in total. The number of aliphatic imine (C=N–C) groups is 2. The summed E-state index contributed by atoms with van der Waals surface area (Å²) < 4.78 is 0. The lowest BCUT2D eigenvalue weighted by Crippen LogP contribution is -2.59. The molecule has 0 aliphatic heterocycles. The average Bonchev–Trinajstić information content (AvgIpc) is 3.30. The predicted molar refractivity (Wildman–Crippen MR) is 277 cm³/mol. The fourth-order valence-corrected chi connectivity index (χ4v) is 7.94. The Morgan fingerprint density at radius 3 is 1.67 bits per heavy atom. The second kappa shape index (κ2) is 31.1. The van der Waals surface area contributed by atoms with E-state index in [1.807, 2.05) is 27.7 Å². The van der Waals surface area contributed by atoms with Gasteiger partial charge < -0.3 is 69.9 Å². The van der Waals surface area contributed by atoms with Gasteiger partial charge in [0.25, 0.3) is 0 Å². The highest BCUT2D eigenvalue weighted by Crippen LogP contribution is 2.23. The first-order valence-corrected chi connectivity index (χ1v) is 24.5. The number of aryl methyl sites for hydroxylation is 2. The van der Waals surface area contributed by atoms with Crippen molar-refractivity contribution in [3.05, 3.63) is 64.7 Å². The molecule has 0 aliphatic carbocycles. The molecule has 0 heterocycles. The Labute approximate surface area is 427 Å². The zero-order valence-corrected chi connectivity index (χ0v) is 43.5. The minimum Gasteiger partial charge on any atom is -0.508 e. The van der Waals surface area contributed by atoms with Gasteiger partial charge in [-0.1, -0.05) is 65.0 Å². The van der Waals surface area contributed by atoms with Crippen LogP contribution in [0.15, 0.2) is 52.4 Å². The lowest BCUT2D eigenvalue weighted by atomic mass is 9.93. The van der Waals surface area contributed by atoms with Crippen molar-refractivity contribution < 1.29 is 48.6 Å². The van der Waals surface area contributed by atoms with Crippen LogP contribution in [0.5, 0.6) is 5.75 Å². The molecule has 404 valence electrons. The highest BCUT2D eigenvalue weighted by atomic mass is 16.4. The van der Waals surface area contributed by atoms with E-state index < -0.39 is 96.5 Å². The summed E-state index contributed by atoms with van der Waals surface area (Å²) in [4.78, 5) is 117. The van der Waals surface area contributed by atoms with Crippen LogP contribution < -0.4 is 54.8 Å². The van der Waals surface area contributed by atoms with Gasteiger partial charge in [0.2, 0.25) is 41.4 Å². The number of hydrogen-bond acceptors (Lipinski definition) is 11. The normalized spacial score (nSPS) is 13.5. The summed E-state index contributed by atoms with van der Waals surface area (Å²) in [5.74, 6) is -7.05. The third-order valence-corrected chi connectivity index (χ3v) is 11.7. The first-order valence-electron chi connectivity index (χ1n) is 24.5. The van der Waals surface area contributed by atoms with Gasteiger partial charge in [-0.3, -0.25) is 43.5 Å². The van der Waals surface area contributed by atoms with E-state index in [1.54, 1.807) is 63.2 Å². The first-order chi connectivity index (χ1) is 34.3. The van der Waals surface area contributed by atoms with E-state index in [4.69, 9.17) is 22.9 Å². The molecule has 23 heteroatoms. The fraction of sp³-hybridized carbons (Fsp3) is 0.560. The van der Waals surface area contributed by atoms with Crippen LogP contribution in [-0.2, 0) is 51.2 Å². The Morgan fingerprint density at radius 1 is 0.616 bits per heavy atom. The number of hydrogen-bond donors (Lipinski definition) is 12. The third-order valence-electron chi connectivity index (χ3n) is 11.7. The van der Waals surface area contributed by atoms with Crippen molar-refractivity contribution in [2.75, 3.05) is 33.2 Å². The molecular formula is C50H79N13O10. The Bertz CT molecular complexity index is 2230. The van der Waals surface area contributed by atoms with Gasteiger partial charge in [-0.15, -0.1) is 0 Å². The number of carboxylic acids is 1. The smallest absolute Gasteiger partial charge is 0.326 e. The number of nitrogens with zero attached hydrogens (tertiary/aromatic N) is 3. The van der Waals surface area contributed by atoms with Gasteiger partial charge in [-0.25, -0.2) is 4.79 Å². The third kappa shape index (κ3) is 23.1. The number of benzene rings is 2. The van der Waals surface area contributed by atoms with Crippen molar-refractivity contribution >= 4 is 59.2 Å². The maximum atomic E-state index is 14.5. The van der Waals surface area contributed by atoms with Gasteiger partial charge in [0.05, 0.1) is 13.1 Å². The monoisotopic (exact) mass is 1020 g/mol. The molecule has 2 aromatic rings. The highest BCUT2D eigenvalue weighted by Gasteiger charge is 2.36. The maximum Gasteiger partial charge on any atom is 0.326 e. The number of amides is 7. The minimum atomic E-state index is -1.30. The molecule has 73 heavy (non-hydrogen) atoms. The number of nitrogens with one attached hydrogen (secondary N) is 6. The number of phenols is 1. The number of carboxylic acid groups (broad SMARTS) is 1. The van der Waals surface area contributed by atoms with E-state index >= 15 is 0 Å². The van der Waals surface area contributed by atoms with Crippen LogP contribution in [0.3, 0.4) is 0 Å². The van der Waals surface area contributed by atoms with Gasteiger partial charge >= 0.3 is 5.97 Å². The van der Waals surface area contributed by atoms with Gasteiger partial charge in [0.1, 0.15) is 36.0 Å². The molecule has 0 radical (unpaired) electrons. The quantitative estimate of drug-likeness (QED) is 0.0263. The number of guanidine groups is 2. The van der Waals surface area contributed by atoms with E-state index in [0.29, 0.717) is 12.0 Å². The molecule has 6 atom stereocenters. The van der Waals surface area contributed by atoms with Gasteiger partial charge in [0.15, 0.2) is 11.9 Å². The zero-order chi connectivity index (χ0) is 54.9. The van der Waals surface area contributed by atoms with Crippen LogP contribution in [0.4, 0.5) is 0 Å². The molecule has 0 fully saturated rings. The Kier molecular flexibility index (Phi) is 26.3. The molecule has 2 rings (SSSR count). The van der Waals surface area contributed by atoms with E-state index in [0.717, 1.165) is 21.6 Å². The molecular weight excluding hydrogens is 943 g/mol. The number of likely N-dealkylation sites (N-methyl/N-ethyl adjacent to an activating group) is 1. The van der Waals surface area contributed by atoms with Gasteiger partial charge in [-0.05, 0) is 105 Å². The summed E-state index contributed by atoms with van der Waals surface area (Å²) in [6, 6.07) is 5.69. The van der Waals surface area contributed by atoms with E-state index in [9.17, 15) is 48.6 Å². The maximum absolute atomic E-state index is 14.5. The molecule has 0 spiro atoms. The number of carbonyl (C=O) groups excluding carboxylic acids is 7. The molecule has 7 amide bonds. The van der Waals surface area contributed by atoms with Crippen molar-refractivity contribution in [3.8, 4) is 5.75 Å². The molecule has 0 aliphatic rings. The van der Waals surface area contributed by atoms with E-state index in [2.05, 4.69) is 41.9 Å². The highest BCUT2D eigenvalue weighted by molar-refractivity contribution is 5.96. The summed E-state index contributed by atoms with van der Waals surface area (Å²) in [5, 5.41) is 35.5. The van der Waals surface area contributed by atoms with Crippen LogP contribution in [0.25, 0.3) is 0 Å². The van der Waals surface area contributed by atoms with Gasteiger partial charge in [-0.2, -0.15) is 0 Å². The second-order valence-corrected chi connectivity index (χ2v) is 19.1. The summed E-state index contributed by atoms with van der Waals surface area (Å²) in [7, 11) is 1.35. The molecule has 0 unspecified atom stereocenters. The molecule has 0 bridgehead atoms. The van der Waals surface area contributed by atoms with Crippen LogP contribution >= 0.6 is 0 Å². The lowest BCUT2D eigenvalue weighted by Gasteiger charge is -2.32. The zero-order valence-electron chi connectivity index (χ0n) is 43.5. The summed E-state index contributed by atoms with van der Waals surface area (Å²) in [5.41, 5.74) is 25.3. The molecule has 2 aromatic carbocycles. The van der Waals surface area contributed by atoms with Crippen LogP contribution in [0.1, 0.15) is 95.4 Å². The van der Waals surface area contributed by atoms with Crippen molar-refractivity contribution in [3.63, 3.8) is 0 Å². The van der Waals surface area contributed by atoms with Gasteiger partial charge in [0, 0.05) is 32.5 Å². The second-order valence-electron chi connectivity index (χ2n) is 19.1. The molecule has 0 saturated heterocycles. The number of rotatable bonds is 31. The average molecular weight is 1020 g/mol. The minimum absolute atomic E-state index is 0.0101. The SMILES string of the molecule is Cc1cc(O)cc(C)c1C[C@H](C)C(=O)NCC(=O)NCC(=O)N[C@@H](Cc1ccccc1)C(=O)N[C@@H](CC(C)C)C(=O)N[C@@H](CCCN=C(N)N)C(=O)N(C)[C@@H](CCCN=C(N)N)C(=O)N[C@H](CC(C)C)C(=O)O. The number of aromatic hydroxyl groups is 1. The van der Waals surface area contributed by atoms with Crippen molar-refractivity contribution in [1.29, 1.82) is 0 Å². The molecule has 23 nitrogen and oxygen atoms in total. The van der Waals surface area contributed by atoms with Crippen molar-refractivity contribution in [2.45, 2.75) is 130 Å². The Balaban J connectivity index is 2.33. The molecule has 0 saturated carbocycles. The lowest BCUT2D eigenvalue weighted by molar-refractivity contribution is -0.146. The first kappa shape index (κ1) is 61.7. The van der Waals surface area contributed by atoms with Crippen LogP contribution in [-0.4, -0.2) is 138 Å². The topological polar surface area (TPSA) is 381 Å². The fourth-order valence-electron chi connectivity index (χ4n) is 7.94. The summed E-state index contributed by atoms with van der Waals surface area (Å²) >= 11 is 0.